The van der Waals surface area contributed by atoms with Crippen LogP contribution in [0.4, 0.5) is 0 Å². The smallest absolute Gasteiger partial charge is 0.165 e. The fourth-order valence-corrected chi connectivity index (χ4v) is 5.17. The van der Waals surface area contributed by atoms with Crippen molar-refractivity contribution in [1.82, 2.24) is 4.90 Å². The van der Waals surface area contributed by atoms with E-state index in [0.29, 0.717) is 19.8 Å². The third-order valence-electron chi connectivity index (χ3n) is 6.58. The summed E-state index contributed by atoms with van der Waals surface area (Å²) in [5.74, 6) is 4.43. The summed E-state index contributed by atoms with van der Waals surface area (Å²) >= 11 is 0. The van der Waals surface area contributed by atoms with Crippen LogP contribution in [-0.2, 0) is 0 Å². The lowest BCUT2D eigenvalue weighted by Crippen LogP contribution is -2.47. The van der Waals surface area contributed by atoms with Crippen LogP contribution in [0.3, 0.4) is 0 Å². The molecular formula is C29H43NO5. The molecule has 3 unspecified atom stereocenters. The van der Waals surface area contributed by atoms with Gasteiger partial charge < -0.3 is 23.7 Å². The van der Waals surface area contributed by atoms with Gasteiger partial charge in [-0.1, -0.05) is 40.7 Å². The first-order valence-corrected chi connectivity index (χ1v) is 13.3. The zero-order valence-corrected chi connectivity index (χ0v) is 22.6. The van der Waals surface area contributed by atoms with Gasteiger partial charge in [-0.3, -0.25) is 4.90 Å². The summed E-state index contributed by atoms with van der Waals surface area (Å²) in [6.07, 6.45) is 2.45. The van der Waals surface area contributed by atoms with E-state index in [0.717, 1.165) is 53.0 Å². The highest BCUT2D eigenvalue weighted by Gasteiger charge is 2.42. The van der Waals surface area contributed by atoms with Crippen LogP contribution in [-0.4, -0.2) is 51.1 Å². The fourth-order valence-electron chi connectivity index (χ4n) is 5.17. The van der Waals surface area contributed by atoms with E-state index in [1.807, 2.05) is 52.8 Å². The topological polar surface area (TPSA) is 49.4 Å². The molecular weight excluding hydrogens is 442 g/mol. The first-order chi connectivity index (χ1) is 17.2. The van der Waals surface area contributed by atoms with Crippen molar-refractivity contribution in [3.63, 3.8) is 0 Å². The SMILES string of the molecule is CC.CC.CCOc1ccc(C2c3cc4c(cc3OC(N3CCCC3)C2C)OCCO4)c(OC)c1. The number of hydrogen-bond donors (Lipinski definition) is 0. The summed E-state index contributed by atoms with van der Waals surface area (Å²) in [7, 11) is 1.72. The molecule has 1 fully saturated rings. The van der Waals surface area contributed by atoms with Crippen molar-refractivity contribution in [1.29, 1.82) is 0 Å². The summed E-state index contributed by atoms with van der Waals surface area (Å²) in [4.78, 5) is 2.47. The predicted octanol–water partition coefficient (Wildman–Crippen LogP) is 6.50. The molecule has 1 saturated heterocycles. The van der Waals surface area contributed by atoms with Gasteiger partial charge in [0.1, 0.15) is 30.5 Å². The number of fused-ring (bicyclic) bond motifs is 2. The predicted molar refractivity (Wildman–Crippen MR) is 141 cm³/mol. The third kappa shape index (κ3) is 5.64. The first kappa shape index (κ1) is 27.0. The molecule has 0 saturated carbocycles. The number of ether oxygens (including phenoxy) is 5. The van der Waals surface area contributed by atoms with Crippen molar-refractivity contribution in [2.75, 3.05) is 40.0 Å². The lowest BCUT2D eigenvalue weighted by molar-refractivity contribution is -0.0183. The van der Waals surface area contributed by atoms with Crippen molar-refractivity contribution in [3.8, 4) is 28.7 Å². The van der Waals surface area contributed by atoms with Gasteiger partial charge in [0.2, 0.25) is 0 Å². The minimum Gasteiger partial charge on any atom is -0.496 e. The summed E-state index contributed by atoms with van der Waals surface area (Å²) < 4.78 is 29.9. The molecule has 3 aliphatic heterocycles. The lowest BCUT2D eigenvalue weighted by Gasteiger charge is -2.42. The van der Waals surface area contributed by atoms with E-state index in [2.05, 4.69) is 24.0 Å². The zero-order chi connectivity index (χ0) is 25.4. The van der Waals surface area contributed by atoms with Gasteiger partial charge >= 0.3 is 0 Å². The van der Waals surface area contributed by atoms with Crippen molar-refractivity contribution >= 4 is 0 Å². The van der Waals surface area contributed by atoms with Crippen LogP contribution in [0.15, 0.2) is 30.3 Å². The highest BCUT2D eigenvalue weighted by molar-refractivity contribution is 5.58. The lowest BCUT2D eigenvalue weighted by atomic mass is 9.77. The Bertz CT molecular complexity index is 941. The molecule has 35 heavy (non-hydrogen) atoms. The first-order valence-electron chi connectivity index (χ1n) is 13.3. The molecule has 194 valence electrons. The van der Waals surface area contributed by atoms with Gasteiger partial charge in [0.05, 0.1) is 13.7 Å². The van der Waals surface area contributed by atoms with Crippen molar-refractivity contribution in [2.45, 2.75) is 66.5 Å². The second-order valence-corrected chi connectivity index (χ2v) is 8.46. The molecule has 0 spiro atoms. The molecule has 0 amide bonds. The molecule has 0 radical (unpaired) electrons. The summed E-state index contributed by atoms with van der Waals surface area (Å²) in [5.41, 5.74) is 2.26. The monoisotopic (exact) mass is 485 g/mol. The largest absolute Gasteiger partial charge is 0.496 e. The Labute approximate surface area is 211 Å². The van der Waals surface area contributed by atoms with Crippen molar-refractivity contribution < 1.29 is 23.7 Å². The molecule has 0 bridgehead atoms. The fraction of sp³-hybridized carbons (Fsp3) is 0.586. The standard InChI is InChI=1S/C25H31NO5.2C2H6/c1-4-28-17-7-8-18(20(13-17)27-3)24-16(2)25(26-9-5-6-10-26)31-21-15-23-22(14-19(21)24)29-11-12-30-23;2*1-2/h7-8,13-16,24-25H,4-6,9-12H2,1-3H3;2*1-2H3. The minimum atomic E-state index is 0.0128. The quantitative estimate of drug-likeness (QED) is 0.482. The highest BCUT2D eigenvalue weighted by atomic mass is 16.6. The van der Waals surface area contributed by atoms with Crippen LogP contribution in [0.5, 0.6) is 28.7 Å². The van der Waals surface area contributed by atoms with Gasteiger partial charge in [-0.25, -0.2) is 0 Å². The Morgan fingerprint density at radius 1 is 0.886 bits per heavy atom. The Balaban J connectivity index is 0.000000815. The number of methoxy groups -OCH3 is 1. The molecule has 0 aliphatic carbocycles. The molecule has 3 aliphatic rings. The van der Waals surface area contributed by atoms with Gasteiger partial charge in [-0.05, 0) is 31.9 Å². The van der Waals surface area contributed by atoms with Gasteiger partial charge in [0, 0.05) is 48.2 Å². The Morgan fingerprint density at radius 2 is 1.54 bits per heavy atom. The maximum Gasteiger partial charge on any atom is 0.165 e. The van der Waals surface area contributed by atoms with Gasteiger partial charge in [-0.15, -0.1) is 0 Å². The summed E-state index contributed by atoms with van der Waals surface area (Å²) in [6.45, 7) is 16.2. The molecule has 3 atom stereocenters. The van der Waals surface area contributed by atoms with Crippen molar-refractivity contribution in [3.05, 3.63) is 41.5 Å². The average molecular weight is 486 g/mol. The number of hydrogen-bond acceptors (Lipinski definition) is 6. The average Bonchev–Trinajstić information content (AvgIpc) is 3.45. The van der Waals surface area contributed by atoms with Gasteiger partial charge in [-0.2, -0.15) is 0 Å². The van der Waals surface area contributed by atoms with E-state index in [9.17, 15) is 0 Å². The number of nitrogens with zero attached hydrogens (tertiary/aromatic N) is 1. The van der Waals surface area contributed by atoms with Crippen LogP contribution in [0.1, 0.15) is 71.4 Å². The van der Waals surface area contributed by atoms with Crippen LogP contribution in [0.2, 0.25) is 0 Å². The van der Waals surface area contributed by atoms with Crippen LogP contribution < -0.4 is 23.7 Å². The Hall–Kier alpha value is -2.60. The van der Waals surface area contributed by atoms with Crippen LogP contribution >= 0.6 is 0 Å². The van der Waals surface area contributed by atoms with E-state index >= 15 is 0 Å². The van der Waals surface area contributed by atoms with Gasteiger partial charge in [0.25, 0.3) is 0 Å². The summed E-state index contributed by atoms with van der Waals surface area (Å²) in [6, 6.07) is 10.3. The highest BCUT2D eigenvalue weighted by Crippen LogP contribution is 2.51. The molecule has 5 rings (SSSR count). The maximum absolute atomic E-state index is 6.61. The van der Waals surface area contributed by atoms with E-state index in [-0.39, 0.29) is 18.1 Å². The number of likely N-dealkylation sites (tertiary alicyclic amines) is 1. The Morgan fingerprint density at radius 3 is 2.17 bits per heavy atom. The zero-order valence-electron chi connectivity index (χ0n) is 22.6. The van der Waals surface area contributed by atoms with E-state index in [1.54, 1.807) is 7.11 Å². The number of rotatable bonds is 5. The van der Waals surface area contributed by atoms with Crippen LogP contribution in [0, 0.1) is 5.92 Å². The Kier molecular flexibility index (Phi) is 9.96. The second kappa shape index (κ2) is 12.9. The molecule has 6 heteroatoms. The molecule has 3 heterocycles. The molecule has 6 nitrogen and oxygen atoms in total. The maximum atomic E-state index is 6.61. The third-order valence-corrected chi connectivity index (χ3v) is 6.58. The normalized spacial score (nSPS) is 22.4. The van der Waals surface area contributed by atoms with Crippen LogP contribution in [0.25, 0.3) is 0 Å². The van der Waals surface area contributed by atoms with E-state index in [1.165, 1.54) is 12.8 Å². The molecule has 0 aromatic heterocycles. The number of benzene rings is 2. The minimum absolute atomic E-state index is 0.0128. The molecule has 2 aromatic carbocycles. The summed E-state index contributed by atoms with van der Waals surface area (Å²) in [5, 5.41) is 0. The van der Waals surface area contributed by atoms with E-state index in [4.69, 9.17) is 23.7 Å². The second-order valence-electron chi connectivity index (χ2n) is 8.46. The van der Waals surface area contributed by atoms with E-state index < -0.39 is 0 Å². The molecule has 2 aromatic rings. The van der Waals surface area contributed by atoms with Crippen molar-refractivity contribution in [2.24, 2.45) is 5.92 Å². The molecule has 0 N–H and O–H groups in total. The van der Waals surface area contributed by atoms with Gasteiger partial charge in [0.15, 0.2) is 17.7 Å².